The van der Waals surface area contributed by atoms with Gasteiger partial charge in [-0.15, -0.1) is 0 Å². The lowest BCUT2D eigenvalue weighted by atomic mass is 9.87. The second-order valence-corrected chi connectivity index (χ2v) is 5.51. The number of likely N-dealkylation sites (tertiary alicyclic amines) is 1. The number of hydrogen-bond acceptors (Lipinski definition) is 2. The van der Waals surface area contributed by atoms with Crippen LogP contribution >= 0.6 is 0 Å². The molecule has 2 aliphatic rings. The summed E-state index contributed by atoms with van der Waals surface area (Å²) in [7, 11) is 0. The number of amides is 1. The number of nitrogens with zero attached hydrogens (tertiary/aromatic N) is 1. The third-order valence-electron chi connectivity index (χ3n) is 4.32. The first-order valence-corrected chi connectivity index (χ1v) is 6.60. The van der Waals surface area contributed by atoms with Crippen molar-refractivity contribution in [3.8, 4) is 0 Å². The van der Waals surface area contributed by atoms with Crippen LogP contribution in [-0.4, -0.2) is 34.0 Å². The fourth-order valence-electron chi connectivity index (χ4n) is 3.11. The summed E-state index contributed by atoms with van der Waals surface area (Å²) in [4.78, 5) is 25.3. The second kappa shape index (κ2) is 4.67. The van der Waals surface area contributed by atoms with Crippen LogP contribution in [0.25, 0.3) is 0 Å². The van der Waals surface area contributed by atoms with Gasteiger partial charge in [0.1, 0.15) is 5.54 Å². The third kappa shape index (κ3) is 2.17. The topological polar surface area (TPSA) is 57.6 Å². The summed E-state index contributed by atoms with van der Waals surface area (Å²) in [5, 5.41) is 9.30. The number of hydrogen-bond donors (Lipinski definition) is 1. The standard InChI is InChI=1S/C13H21NO3/c1-13(12(16)17)8-5-9-14(13)11(15)10-6-3-2-4-7-10/h10H,2-9H2,1H3,(H,16,17). The highest BCUT2D eigenvalue weighted by atomic mass is 16.4. The molecular formula is C13H21NO3. The Kier molecular flexibility index (Phi) is 3.40. The van der Waals surface area contributed by atoms with Gasteiger partial charge in [0, 0.05) is 12.5 Å². The molecule has 0 aromatic carbocycles. The molecule has 2 rings (SSSR count). The summed E-state index contributed by atoms with van der Waals surface area (Å²) in [5.74, 6) is -0.716. The molecule has 96 valence electrons. The fourth-order valence-corrected chi connectivity index (χ4v) is 3.11. The number of carbonyl (C=O) groups excluding carboxylic acids is 1. The largest absolute Gasteiger partial charge is 0.480 e. The highest BCUT2D eigenvalue weighted by Crippen LogP contribution is 2.34. The first-order valence-electron chi connectivity index (χ1n) is 6.60. The summed E-state index contributed by atoms with van der Waals surface area (Å²) in [6.45, 7) is 2.29. The van der Waals surface area contributed by atoms with Gasteiger partial charge < -0.3 is 10.0 Å². The Morgan fingerprint density at radius 2 is 1.82 bits per heavy atom. The molecule has 1 saturated heterocycles. The average molecular weight is 239 g/mol. The van der Waals surface area contributed by atoms with E-state index < -0.39 is 11.5 Å². The first-order chi connectivity index (χ1) is 8.05. The maximum absolute atomic E-state index is 12.4. The average Bonchev–Trinajstić information content (AvgIpc) is 2.73. The SMILES string of the molecule is CC1(C(=O)O)CCCN1C(=O)C1CCCCC1. The Bertz CT molecular complexity index is 323. The van der Waals surface area contributed by atoms with Gasteiger partial charge in [-0.05, 0) is 32.6 Å². The normalized spacial score (nSPS) is 30.5. The van der Waals surface area contributed by atoms with Crippen LogP contribution in [0.4, 0.5) is 0 Å². The summed E-state index contributed by atoms with van der Waals surface area (Å²) >= 11 is 0. The Labute approximate surface area is 102 Å². The molecule has 1 heterocycles. The van der Waals surface area contributed by atoms with E-state index in [1.54, 1.807) is 11.8 Å². The van der Waals surface area contributed by atoms with Gasteiger partial charge in [0.25, 0.3) is 0 Å². The molecule has 4 nitrogen and oxygen atoms in total. The molecule has 4 heteroatoms. The van der Waals surface area contributed by atoms with Crippen molar-refractivity contribution in [1.29, 1.82) is 0 Å². The predicted octanol–water partition coefficient (Wildman–Crippen LogP) is 2.03. The van der Waals surface area contributed by atoms with Crippen LogP contribution in [0.2, 0.25) is 0 Å². The number of aliphatic carboxylic acids is 1. The van der Waals surface area contributed by atoms with Crippen molar-refractivity contribution < 1.29 is 14.7 Å². The van der Waals surface area contributed by atoms with E-state index in [9.17, 15) is 14.7 Å². The number of rotatable bonds is 2. The molecule has 2 fully saturated rings. The van der Waals surface area contributed by atoms with Crippen LogP contribution in [0.3, 0.4) is 0 Å². The Morgan fingerprint density at radius 3 is 2.41 bits per heavy atom. The first kappa shape index (κ1) is 12.4. The van der Waals surface area contributed by atoms with E-state index in [1.807, 2.05) is 0 Å². The summed E-state index contributed by atoms with van der Waals surface area (Å²) < 4.78 is 0. The van der Waals surface area contributed by atoms with Crippen LogP contribution in [0.15, 0.2) is 0 Å². The maximum Gasteiger partial charge on any atom is 0.329 e. The van der Waals surface area contributed by atoms with Crippen LogP contribution in [0, 0.1) is 5.92 Å². The molecule has 1 N–H and O–H groups in total. The molecule has 0 bridgehead atoms. The molecule has 0 aromatic rings. The number of carboxylic acid groups (broad SMARTS) is 1. The van der Waals surface area contributed by atoms with Gasteiger partial charge in [0.05, 0.1) is 0 Å². The van der Waals surface area contributed by atoms with Gasteiger partial charge >= 0.3 is 5.97 Å². The van der Waals surface area contributed by atoms with Crippen molar-refractivity contribution in [3.05, 3.63) is 0 Å². The quantitative estimate of drug-likeness (QED) is 0.802. The smallest absolute Gasteiger partial charge is 0.329 e. The second-order valence-electron chi connectivity index (χ2n) is 5.51. The van der Waals surface area contributed by atoms with Crippen LogP contribution in [-0.2, 0) is 9.59 Å². The van der Waals surface area contributed by atoms with Crippen LogP contribution < -0.4 is 0 Å². The molecule has 0 aromatic heterocycles. The van der Waals surface area contributed by atoms with E-state index in [4.69, 9.17) is 0 Å². The monoisotopic (exact) mass is 239 g/mol. The van der Waals surface area contributed by atoms with E-state index in [2.05, 4.69) is 0 Å². The molecule has 1 atom stereocenters. The van der Waals surface area contributed by atoms with Crippen molar-refractivity contribution in [2.45, 2.75) is 57.4 Å². The molecule has 1 unspecified atom stereocenters. The van der Waals surface area contributed by atoms with Gasteiger partial charge in [-0.3, -0.25) is 4.79 Å². The molecule has 1 aliphatic carbocycles. The summed E-state index contributed by atoms with van der Waals surface area (Å²) in [6.07, 6.45) is 6.68. The minimum absolute atomic E-state index is 0.0699. The van der Waals surface area contributed by atoms with Gasteiger partial charge in [-0.1, -0.05) is 19.3 Å². The highest BCUT2D eigenvalue weighted by molar-refractivity contribution is 5.88. The minimum Gasteiger partial charge on any atom is -0.480 e. The van der Waals surface area contributed by atoms with Gasteiger partial charge in [0.15, 0.2) is 0 Å². The minimum atomic E-state index is -0.964. The number of carboxylic acids is 1. The lowest BCUT2D eigenvalue weighted by Crippen LogP contribution is -2.52. The number of carbonyl (C=O) groups is 2. The summed E-state index contributed by atoms with van der Waals surface area (Å²) in [5.41, 5.74) is -0.964. The highest BCUT2D eigenvalue weighted by Gasteiger charge is 2.47. The van der Waals surface area contributed by atoms with E-state index in [-0.39, 0.29) is 11.8 Å². The predicted molar refractivity (Wildman–Crippen MR) is 63.6 cm³/mol. The summed E-state index contributed by atoms with van der Waals surface area (Å²) in [6, 6.07) is 0. The molecular weight excluding hydrogens is 218 g/mol. The molecule has 1 aliphatic heterocycles. The van der Waals surface area contributed by atoms with E-state index in [0.29, 0.717) is 13.0 Å². The van der Waals surface area contributed by atoms with E-state index in [1.165, 1.54) is 6.42 Å². The Balaban J connectivity index is 2.10. The zero-order valence-electron chi connectivity index (χ0n) is 10.4. The Morgan fingerprint density at radius 1 is 1.18 bits per heavy atom. The van der Waals surface area contributed by atoms with Crippen molar-refractivity contribution in [2.75, 3.05) is 6.54 Å². The molecule has 0 spiro atoms. The van der Waals surface area contributed by atoms with Crippen molar-refractivity contribution >= 4 is 11.9 Å². The lowest BCUT2D eigenvalue weighted by molar-refractivity contribution is -0.157. The van der Waals surface area contributed by atoms with Gasteiger partial charge in [0.2, 0.25) is 5.91 Å². The van der Waals surface area contributed by atoms with Gasteiger partial charge in [-0.25, -0.2) is 4.79 Å². The third-order valence-corrected chi connectivity index (χ3v) is 4.32. The van der Waals surface area contributed by atoms with E-state index >= 15 is 0 Å². The maximum atomic E-state index is 12.4. The van der Waals surface area contributed by atoms with Crippen LogP contribution in [0.1, 0.15) is 51.9 Å². The van der Waals surface area contributed by atoms with Gasteiger partial charge in [-0.2, -0.15) is 0 Å². The van der Waals surface area contributed by atoms with Crippen molar-refractivity contribution in [3.63, 3.8) is 0 Å². The van der Waals surface area contributed by atoms with Crippen LogP contribution in [0.5, 0.6) is 0 Å². The zero-order chi connectivity index (χ0) is 12.5. The van der Waals surface area contributed by atoms with Crippen molar-refractivity contribution in [2.24, 2.45) is 5.92 Å². The fraction of sp³-hybridized carbons (Fsp3) is 0.846. The van der Waals surface area contributed by atoms with Crippen molar-refractivity contribution in [1.82, 2.24) is 4.90 Å². The zero-order valence-corrected chi connectivity index (χ0v) is 10.4. The molecule has 1 saturated carbocycles. The molecule has 0 radical (unpaired) electrons. The molecule has 1 amide bonds. The van der Waals surface area contributed by atoms with E-state index in [0.717, 1.165) is 32.1 Å². The molecule has 17 heavy (non-hydrogen) atoms. The Hall–Kier alpha value is -1.06. The lowest BCUT2D eigenvalue weighted by Gasteiger charge is -2.35.